The normalized spacial score (nSPS) is 13.7. The van der Waals surface area contributed by atoms with Crippen LogP contribution in [0.4, 0.5) is 10.1 Å². The molecule has 1 aromatic heterocycles. The molecule has 2 heterocycles. The minimum atomic E-state index is -0.360. The molecule has 5 nitrogen and oxygen atoms in total. The number of amides is 1. The molecule has 1 amide bonds. The van der Waals surface area contributed by atoms with Crippen LogP contribution in [0.3, 0.4) is 0 Å². The van der Waals surface area contributed by atoms with Crippen LogP contribution < -0.4 is 4.90 Å². The Morgan fingerprint density at radius 1 is 1.45 bits per heavy atom. The first-order valence-electron chi connectivity index (χ1n) is 6.62. The zero-order valence-corrected chi connectivity index (χ0v) is 11.4. The maximum absolute atomic E-state index is 14.0. The number of hydrogen-bond acceptors (Lipinski definition) is 3. The molecule has 0 unspecified atom stereocenters. The Morgan fingerprint density at radius 2 is 2.25 bits per heavy atom. The fraction of sp³-hybridized carbons (Fsp3) is 0.357. The summed E-state index contributed by atoms with van der Waals surface area (Å²) in [6, 6.07) is 4.91. The van der Waals surface area contributed by atoms with Crippen molar-refractivity contribution >= 4 is 11.6 Å². The standard InChI is InChI=1S/C14H15FN4O/c1-3-19-12(9(2)16-17-19)14(20)18-8-7-10-5-4-6-11(15)13(10)18/h4-6H,3,7-8H2,1-2H3. The molecule has 0 spiro atoms. The first-order chi connectivity index (χ1) is 9.63. The van der Waals surface area contributed by atoms with Crippen molar-refractivity contribution in [1.82, 2.24) is 15.0 Å². The third kappa shape index (κ3) is 1.79. The van der Waals surface area contributed by atoms with Gasteiger partial charge in [-0.1, -0.05) is 17.3 Å². The van der Waals surface area contributed by atoms with E-state index in [0.29, 0.717) is 36.6 Å². The molecular weight excluding hydrogens is 259 g/mol. The molecule has 0 N–H and O–H groups in total. The molecule has 0 saturated carbocycles. The number of para-hydroxylation sites is 1. The van der Waals surface area contributed by atoms with Crippen LogP contribution in [-0.4, -0.2) is 27.4 Å². The van der Waals surface area contributed by atoms with E-state index in [1.165, 1.54) is 11.0 Å². The third-order valence-corrected chi connectivity index (χ3v) is 3.60. The van der Waals surface area contributed by atoms with Gasteiger partial charge in [-0.3, -0.25) is 4.79 Å². The van der Waals surface area contributed by atoms with Crippen molar-refractivity contribution < 1.29 is 9.18 Å². The van der Waals surface area contributed by atoms with E-state index in [0.717, 1.165) is 5.56 Å². The van der Waals surface area contributed by atoms with Gasteiger partial charge in [-0.2, -0.15) is 0 Å². The first kappa shape index (κ1) is 12.8. The van der Waals surface area contributed by atoms with Gasteiger partial charge in [0.25, 0.3) is 5.91 Å². The summed E-state index contributed by atoms with van der Waals surface area (Å²) in [7, 11) is 0. The molecule has 0 fully saturated rings. The van der Waals surface area contributed by atoms with Gasteiger partial charge in [0.05, 0.1) is 11.4 Å². The van der Waals surface area contributed by atoms with Crippen LogP contribution in [0.2, 0.25) is 0 Å². The molecule has 104 valence electrons. The smallest absolute Gasteiger partial charge is 0.278 e. The summed E-state index contributed by atoms with van der Waals surface area (Å²) < 4.78 is 15.5. The highest BCUT2D eigenvalue weighted by Crippen LogP contribution is 2.32. The van der Waals surface area contributed by atoms with Crippen molar-refractivity contribution in [2.45, 2.75) is 26.8 Å². The van der Waals surface area contributed by atoms with Gasteiger partial charge < -0.3 is 4.90 Å². The summed E-state index contributed by atoms with van der Waals surface area (Å²) in [6.07, 6.45) is 0.672. The van der Waals surface area contributed by atoms with Gasteiger partial charge in [-0.25, -0.2) is 9.07 Å². The zero-order valence-electron chi connectivity index (χ0n) is 11.4. The quantitative estimate of drug-likeness (QED) is 0.841. The van der Waals surface area contributed by atoms with E-state index in [9.17, 15) is 9.18 Å². The Balaban J connectivity index is 2.04. The van der Waals surface area contributed by atoms with E-state index in [-0.39, 0.29) is 11.7 Å². The van der Waals surface area contributed by atoms with Crippen molar-refractivity contribution in [3.05, 3.63) is 41.0 Å². The number of halogens is 1. The van der Waals surface area contributed by atoms with Crippen molar-refractivity contribution in [3.63, 3.8) is 0 Å². The van der Waals surface area contributed by atoms with E-state index >= 15 is 0 Å². The minimum Gasteiger partial charge on any atom is -0.304 e. The molecular formula is C14H15FN4O. The number of nitrogens with zero attached hydrogens (tertiary/aromatic N) is 4. The average Bonchev–Trinajstić information content (AvgIpc) is 3.02. The zero-order chi connectivity index (χ0) is 14.3. The van der Waals surface area contributed by atoms with Gasteiger partial charge >= 0.3 is 0 Å². The highest BCUT2D eigenvalue weighted by molar-refractivity contribution is 6.06. The van der Waals surface area contributed by atoms with Crippen LogP contribution in [0.5, 0.6) is 0 Å². The summed E-state index contributed by atoms with van der Waals surface area (Å²) >= 11 is 0. The number of hydrogen-bond donors (Lipinski definition) is 0. The average molecular weight is 274 g/mol. The number of carbonyl (C=O) groups excluding carboxylic acids is 1. The summed E-state index contributed by atoms with van der Waals surface area (Å²) in [4.78, 5) is 14.2. The molecule has 3 rings (SSSR count). The number of anilines is 1. The van der Waals surface area contributed by atoms with Crippen molar-refractivity contribution in [2.75, 3.05) is 11.4 Å². The monoisotopic (exact) mass is 274 g/mol. The lowest BCUT2D eigenvalue weighted by Crippen LogP contribution is -2.32. The first-order valence-corrected chi connectivity index (χ1v) is 6.62. The number of benzene rings is 1. The molecule has 1 aliphatic heterocycles. The van der Waals surface area contributed by atoms with Crippen LogP contribution in [0.25, 0.3) is 0 Å². The Kier molecular flexibility index (Phi) is 3.00. The lowest BCUT2D eigenvalue weighted by atomic mass is 10.1. The van der Waals surface area contributed by atoms with E-state index in [2.05, 4.69) is 10.3 Å². The predicted octanol–water partition coefficient (Wildman–Crippen LogP) is 1.95. The maximum atomic E-state index is 14.0. The Labute approximate surface area is 116 Å². The van der Waals surface area contributed by atoms with Crippen molar-refractivity contribution in [3.8, 4) is 0 Å². The van der Waals surface area contributed by atoms with Crippen LogP contribution in [0, 0.1) is 12.7 Å². The van der Waals surface area contributed by atoms with E-state index in [1.54, 1.807) is 17.7 Å². The lowest BCUT2D eigenvalue weighted by molar-refractivity contribution is 0.0977. The summed E-state index contributed by atoms with van der Waals surface area (Å²) in [5.74, 6) is -0.597. The highest BCUT2D eigenvalue weighted by Gasteiger charge is 2.31. The third-order valence-electron chi connectivity index (χ3n) is 3.60. The SMILES string of the molecule is CCn1nnc(C)c1C(=O)N1CCc2cccc(F)c21. The molecule has 0 saturated heterocycles. The number of carbonyl (C=O) groups is 1. The van der Waals surface area contributed by atoms with Gasteiger partial charge in [0.15, 0.2) is 0 Å². The van der Waals surface area contributed by atoms with E-state index in [1.807, 2.05) is 13.0 Å². The molecule has 6 heteroatoms. The van der Waals surface area contributed by atoms with E-state index < -0.39 is 0 Å². The van der Waals surface area contributed by atoms with Gasteiger partial charge in [-0.05, 0) is 31.9 Å². The largest absolute Gasteiger partial charge is 0.304 e. The Hall–Kier alpha value is -2.24. The Bertz CT molecular complexity index is 680. The molecule has 20 heavy (non-hydrogen) atoms. The van der Waals surface area contributed by atoms with Crippen molar-refractivity contribution in [1.29, 1.82) is 0 Å². The fourth-order valence-corrected chi connectivity index (χ4v) is 2.63. The topological polar surface area (TPSA) is 51.0 Å². The van der Waals surface area contributed by atoms with Crippen LogP contribution in [0.1, 0.15) is 28.7 Å². The maximum Gasteiger partial charge on any atom is 0.278 e. The summed E-state index contributed by atoms with van der Waals surface area (Å²) in [5, 5.41) is 7.86. The van der Waals surface area contributed by atoms with Crippen LogP contribution >= 0.6 is 0 Å². The minimum absolute atomic E-state index is 0.238. The van der Waals surface area contributed by atoms with Crippen LogP contribution in [0.15, 0.2) is 18.2 Å². The molecule has 0 atom stereocenters. The molecule has 1 aromatic carbocycles. The molecule has 0 radical (unpaired) electrons. The summed E-state index contributed by atoms with van der Waals surface area (Å²) in [5.41, 5.74) is 2.26. The van der Waals surface area contributed by atoms with Gasteiger partial charge in [-0.15, -0.1) is 5.10 Å². The molecule has 1 aliphatic rings. The van der Waals surface area contributed by atoms with Crippen molar-refractivity contribution in [2.24, 2.45) is 0 Å². The highest BCUT2D eigenvalue weighted by atomic mass is 19.1. The second-order valence-corrected chi connectivity index (χ2v) is 4.79. The van der Waals surface area contributed by atoms with Crippen LogP contribution in [-0.2, 0) is 13.0 Å². The molecule has 2 aromatic rings. The number of aromatic nitrogens is 3. The summed E-state index contributed by atoms with van der Waals surface area (Å²) in [6.45, 7) is 4.68. The molecule has 0 aliphatic carbocycles. The van der Waals surface area contributed by atoms with Gasteiger partial charge in [0.1, 0.15) is 11.5 Å². The van der Waals surface area contributed by atoms with Gasteiger partial charge in [0.2, 0.25) is 0 Å². The lowest BCUT2D eigenvalue weighted by Gasteiger charge is -2.18. The molecule has 0 bridgehead atoms. The van der Waals surface area contributed by atoms with Gasteiger partial charge in [0, 0.05) is 13.1 Å². The van der Waals surface area contributed by atoms with E-state index in [4.69, 9.17) is 0 Å². The number of rotatable bonds is 2. The number of aryl methyl sites for hydroxylation is 2. The number of fused-ring (bicyclic) bond motifs is 1. The fourth-order valence-electron chi connectivity index (χ4n) is 2.63. The predicted molar refractivity (Wildman–Crippen MR) is 72.2 cm³/mol. The second-order valence-electron chi connectivity index (χ2n) is 4.79. The Morgan fingerprint density at radius 3 is 3.00 bits per heavy atom. The second kappa shape index (κ2) is 4.70.